The molecule has 130 valence electrons. The quantitative estimate of drug-likeness (QED) is 0.914. The first-order chi connectivity index (χ1) is 12.0. The molecule has 0 spiro atoms. The number of nitrogens with zero attached hydrogens (tertiary/aromatic N) is 1. The number of carbonyl (C=O) groups excluding carboxylic acids is 1. The summed E-state index contributed by atoms with van der Waals surface area (Å²) in [5.41, 5.74) is 2.88. The van der Waals surface area contributed by atoms with Gasteiger partial charge in [-0.25, -0.2) is 8.42 Å². The molecule has 1 N–H and O–H groups in total. The van der Waals surface area contributed by atoms with Gasteiger partial charge >= 0.3 is 0 Å². The van der Waals surface area contributed by atoms with Crippen LogP contribution in [0.2, 0.25) is 0 Å². The summed E-state index contributed by atoms with van der Waals surface area (Å²) in [7, 11) is -3.19. The van der Waals surface area contributed by atoms with Crippen LogP contribution in [0.1, 0.15) is 22.3 Å². The molecule has 1 saturated heterocycles. The molecule has 1 fully saturated rings. The molecule has 7 heteroatoms. The van der Waals surface area contributed by atoms with E-state index in [1.807, 2.05) is 12.1 Å². The van der Waals surface area contributed by atoms with E-state index in [9.17, 15) is 13.2 Å². The van der Waals surface area contributed by atoms with Gasteiger partial charge < -0.3 is 10.1 Å². The average molecular weight is 358 g/mol. The summed E-state index contributed by atoms with van der Waals surface area (Å²) in [6.07, 6.45) is 1.46. The van der Waals surface area contributed by atoms with E-state index in [0.717, 1.165) is 17.7 Å². The Labute approximate surface area is 146 Å². The fourth-order valence-electron chi connectivity index (χ4n) is 3.17. The highest BCUT2D eigenvalue weighted by atomic mass is 32.2. The summed E-state index contributed by atoms with van der Waals surface area (Å²) in [5.74, 6) is 0.831. The molecule has 4 rings (SSSR count). The first-order valence-corrected chi connectivity index (χ1v) is 9.81. The normalized spacial score (nSPS) is 17.8. The Morgan fingerprint density at radius 2 is 1.92 bits per heavy atom. The van der Waals surface area contributed by atoms with Crippen molar-refractivity contribution >= 4 is 27.3 Å². The van der Waals surface area contributed by atoms with Crippen LogP contribution in [0.4, 0.5) is 11.4 Å². The van der Waals surface area contributed by atoms with Crippen molar-refractivity contribution in [3.8, 4) is 5.75 Å². The predicted molar refractivity (Wildman–Crippen MR) is 95.8 cm³/mol. The van der Waals surface area contributed by atoms with E-state index in [2.05, 4.69) is 5.32 Å². The molecule has 2 aromatic carbocycles. The van der Waals surface area contributed by atoms with Crippen LogP contribution in [0.3, 0.4) is 0 Å². The van der Waals surface area contributed by atoms with Crippen molar-refractivity contribution in [2.75, 3.05) is 28.5 Å². The van der Waals surface area contributed by atoms with Gasteiger partial charge in [0.05, 0.1) is 18.0 Å². The van der Waals surface area contributed by atoms with Crippen molar-refractivity contribution in [2.45, 2.75) is 12.8 Å². The van der Waals surface area contributed by atoms with E-state index in [0.29, 0.717) is 36.5 Å². The van der Waals surface area contributed by atoms with Crippen LogP contribution in [0.15, 0.2) is 42.5 Å². The van der Waals surface area contributed by atoms with Crippen LogP contribution in [0, 0.1) is 0 Å². The second-order valence-corrected chi connectivity index (χ2v) is 8.18. The van der Waals surface area contributed by atoms with E-state index in [4.69, 9.17) is 4.74 Å². The highest BCUT2D eigenvalue weighted by Crippen LogP contribution is 2.27. The third kappa shape index (κ3) is 3.07. The number of anilines is 2. The van der Waals surface area contributed by atoms with Crippen molar-refractivity contribution in [2.24, 2.45) is 0 Å². The molecular weight excluding hydrogens is 340 g/mol. The van der Waals surface area contributed by atoms with Crippen molar-refractivity contribution in [1.82, 2.24) is 0 Å². The van der Waals surface area contributed by atoms with Crippen LogP contribution in [-0.4, -0.2) is 33.2 Å². The van der Waals surface area contributed by atoms with Crippen molar-refractivity contribution < 1.29 is 17.9 Å². The Hall–Kier alpha value is -2.54. The lowest BCUT2D eigenvalue weighted by molar-refractivity contribution is 0.102. The molecule has 2 heterocycles. The van der Waals surface area contributed by atoms with Crippen LogP contribution < -0.4 is 14.4 Å². The summed E-state index contributed by atoms with van der Waals surface area (Å²) in [6, 6.07) is 12.3. The molecule has 2 aliphatic rings. The zero-order valence-electron chi connectivity index (χ0n) is 13.6. The molecule has 1 amide bonds. The third-order valence-electron chi connectivity index (χ3n) is 4.46. The Balaban J connectivity index is 1.49. The Kier molecular flexibility index (Phi) is 3.88. The van der Waals surface area contributed by atoms with E-state index >= 15 is 0 Å². The standard InChI is InChI=1S/C18H18N2O4S/c21-18(14-2-7-17-13(12-14)8-10-24-17)19-15-3-5-16(6-4-15)20-9-1-11-25(20,22)23/h2-7,12H,1,8-11H2,(H,19,21). The minimum Gasteiger partial charge on any atom is -0.493 e. The van der Waals surface area contributed by atoms with Gasteiger partial charge in [-0.05, 0) is 54.4 Å². The van der Waals surface area contributed by atoms with E-state index in [1.54, 1.807) is 30.3 Å². The van der Waals surface area contributed by atoms with Gasteiger partial charge in [-0.3, -0.25) is 9.10 Å². The number of hydrogen-bond donors (Lipinski definition) is 1. The molecule has 0 unspecified atom stereocenters. The van der Waals surface area contributed by atoms with Gasteiger partial charge in [0.25, 0.3) is 5.91 Å². The maximum atomic E-state index is 12.4. The topological polar surface area (TPSA) is 75.7 Å². The first kappa shape index (κ1) is 16.0. The number of benzene rings is 2. The second kappa shape index (κ2) is 6.07. The zero-order chi connectivity index (χ0) is 17.4. The molecule has 0 radical (unpaired) electrons. The van der Waals surface area contributed by atoms with Gasteiger partial charge in [-0.2, -0.15) is 0 Å². The molecular formula is C18H18N2O4S. The van der Waals surface area contributed by atoms with Crippen molar-refractivity contribution in [3.05, 3.63) is 53.6 Å². The Morgan fingerprint density at radius 1 is 1.12 bits per heavy atom. The van der Waals surface area contributed by atoms with Gasteiger partial charge in [-0.1, -0.05) is 0 Å². The molecule has 0 aliphatic carbocycles. The van der Waals surface area contributed by atoms with E-state index in [-0.39, 0.29) is 11.7 Å². The van der Waals surface area contributed by atoms with Crippen LogP contribution in [-0.2, 0) is 16.4 Å². The third-order valence-corrected chi connectivity index (χ3v) is 6.33. The number of amides is 1. The summed E-state index contributed by atoms with van der Waals surface area (Å²) in [5, 5.41) is 2.84. The lowest BCUT2D eigenvalue weighted by atomic mass is 10.1. The summed E-state index contributed by atoms with van der Waals surface area (Å²) in [4.78, 5) is 12.4. The largest absolute Gasteiger partial charge is 0.493 e. The van der Waals surface area contributed by atoms with Gasteiger partial charge in [0, 0.05) is 24.2 Å². The molecule has 0 aromatic heterocycles. The molecule has 2 aromatic rings. The smallest absolute Gasteiger partial charge is 0.255 e. The van der Waals surface area contributed by atoms with Crippen LogP contribution >= 0.6 is 0 Å². The fraction of sp³-hybridized carbons (Fsp3) is 0.278. The van der Waals surface area contributed by atoms with Gasteiger partial charge in [0.2, 0.25) is 10.0 Å². The maximum absolute atomic E-state index is 12.4. The number of nitrogens with one attached hydrogen (secondary N) is 1. The lowest BCUT2D eigenvalue weighted by Gasteiger charge is -2.17. The molecule has 0 bridgehead atoms. The van der Waals surface area contributed by atoms with Crippen LogP contribution in [0.25, 0.3) is 0 Å². The number of sulfonamides is 1. The van der Waals surface area contributed by atoms with E-state index in [1.165, 1.54) is 4.31 Å². The first-order valence-electron chi connectivity index (χ1n) is 8.20. The minimum absolute atomic E-state index is 0.188. The fourth-order valence-corrected chi connectivity index (χ4v) is 4.74. The van der Waals surface area contributed by atoms with Gasteiger partial charge in [-0.15, -0.1) is 0 Å². The maximum Gasteiger partial charge on any atom is 0.255 e. The van der Waals surface area contributed by atoms with Gasteiger partial charge in [0.1, 0.15) is 5.75 Å². The minimum atomic E-state index is -3.19. The summed E-state index contributed by atoms with van der Waals surface area (Å²) in [6.45, 7) is 1.16. The average Bonchev–Trinajstić information content (AvgIpc) is 3.20. The number of fused-ring (bicyclic) bond motifs is 1. The highest BCUT2D eigenvalue weighted by molar-refractivity contribution is 7.93. The van der Waals surface area contributed by atoms with Crippen molar-refractivity contribution in [3.63, 3.8) is 0 Å². The number of ether oxygens (including phenoxy) is 1. The molecule has 2 aliphatic heterocycles. The molecule has 25 heavy (non-hydrogen) atoms. The Morgan fingerprint density at radius 3 is 2.64 bits per heavy atom. The highest BCUT2D eigenvalue weighted by Gasteiger charge is 2.28. The molecule has 0 saturated carbocycles. The number of hydrogen-bond acceptors (Lipinski definition) is 4. The van der Waals surface area contributed by atoms with Crippen LogP contribution in [0.5, 0.6) is 5.75 Å². The summed E-state index contributed by atoms with van der Waals surface area (Å²) < 4.78 is 30.8. The second-order valence-electron chi connectivity index (χ2n) is 6.16. The molecule has 6 nitrogen and oxygen atoms in total. The van der Waals surface area contributed by atoms with E-state index < -0.39 is 10.0 Å². The SMILES string of the molecule is O=C(Nc1ccc(N2CCCS2(=O)=O)cc1)c1ccc2c(c1)CCO2. The molecule has 0 atom stereocenters. The summed E-state index contributed by atoms with van der Waals surface area (Å²) >= 11 is 0. The van der Waals surface area contributed by atoms with Crippen molar-refractivity contribution in [1.29, 1.82) is 0 Å². The Bertz CT molecular complexity index is 923. The number of carbonyl (C=O) groups is 1. The lowest BCUT2D eigenvalue weighted by Crippen LogP contribution is -2.24. The monoisotopic (exact) mass is 358 g/mol. The van der Waals surface area contributed by atoms with Gasteiger partial charge in [0.15, 0.2) is 0 Å². The number of rotatable bonds is 3. The predicted octanol–water partition coefficient (Wildman–Crippen LogP) is 2.41. The zero-order valence-corrected chi connectivity index (χ0v) is 14.4.